The number of amides is 1. The number of nitrogens with zero attached hydrogens (tertiary/aromatic N) is 1. The first-order valence-corrected chi connectivity index (χ1v) is 7.54. The van der Waals surface area contributed by atoms with E-state index in [1.807, 2.05) is 20.8 Å². The maximum Gasteiger partial charge on any atom is 0.261 e. The number of carbonyl (C=O) groups excluding carboxylic acids is 1. The summed E-state index contributed by atoms with van der Waals surface area (Å²) in [6.07, 6.45) is -0.0130. The van der Waals surface area contributed by atoms with Gasteiger partial charge < -0.3 is 15.2 Å². The molecule has 1 rings (SSSR count). The summed E-state index contributed by atoms with van der Waals surface area (Å²) >= 11 is 0. The fraction of sp³-hybridized carbons (Fsp3) is 0.529. The molecule has 5 nitrogen and oxygen atoms in total. The molecule has 0 saturated carbocycles. The Bertz CT molecular complexity index is 523. The third-order valence-corrected chi connectivity index (χ3v) is 3.37. The zero-order chi connectivity index (χ0) is 16.5. The summed E-state index contributed by atoms with van der Waals surface area (Å²) in [6, 6.07) is 8.94. The number of ether oxygens (including phenoxy) is 1. The van der Waals surface area contributed by atoms with Crippen LogP contribution in [0.4, 0.5) is 0 Å². The van der Waals surface area contributed by atoms with Gasteiger partial charge in [-0.25, -0.2) is 0 Å². The molecule has 1 aromatic rings. The van der Waals surface area contributed by atoms with E-state index in [2.05, 4.69) is 11.4 Å². The molecule has 0 aliphatic heterocycles. The maximum absolute atomic E-state index is 12.3. The van der Waals surface area contributed by atoms with E-state index >= 15 is 0 Å². The number of aliphatic hydroxyl groups excluding tert-OH is 1. The van der Waals surface area contributed by atoms with Gasteiger partial charge in [-0.15, -0.1) is 0 Å². The molecular weight excluding hydrogens is 280 g/mol. The predicted molar refractivity (Wildman–Crippen MR) is 84.3 cm³/mol. The van der Waals surface area contributed by atoms with Crippen LogP contribution in [0.2, 0.25) is 0 Å². The number of aliphatic hydroxyl groups is 1. The van der Waals surface area contributed by atoms with E-state index in [9.17, 15) is 4.79 Å². The molecular formula is C17H24N2O3. The van der Waals surface area contributed by atoms with Crippen molar-refractivity contribution in [2.75, 3.05) is 13.2 Å². The van der Waals surface area contributed by atoms with Crippen LogP contribution in [0.1, 0.15) is 32.8 Å². The smallest absolute Gasteiger partial charge is 0.261 e. The topological polar surface area (TPSA) is 82.3 Å². The third kappa shape index (κ3) is 5.38. The Hall–Kier alpha value is -2.06. The van der Waals surface area contributed by atoms with Crippen molar-refractivity contribution >= 4 is 5.91 Å². The zero-order valence-corrected chi connectivity index (χ0v) is 13.4. The molecule has 0 aliphatic carbocycles. The lowest BCUT2D eigenvalue weighted by molar-refractivity contribution is -0.130. The largest absolute Gasteiger partial charge is 0.479 e. The SMILES string of the molecule is CC(CCO)CNC(=O)C(Oc1ccccc1C#N)C(C)C. The molecule has 2 N–H and O–H groups in total. The molecule has 0 heterocycles. The first-order chi connectivity index (χ1) is 10.5. The molecule has 120 valence electrons. The highest BCUT2D eigenvalue weighted by Crippen LogP contribution is 2.20. The van der Waals surface area contributed by atoms with Crippen molar-refractivity contribution in [1.82, 2.24) is 5.32 Å². The van der Waals surface area contributed by atoms with Crippen LogP contribution in [0.25, 0.3) is 0 Å². The Balaban J connectivity index is 2.73. The summed E-state index contributed by atoms with van der Waals surface area (Å²) in [7, 11) is 0. The first-order valence-electron chi connectivity index (χ1n) is 7.54. The lowest BCUT2D eigenvalue weighted by Crippen LogP contribution is -2.43. The van der Waals surface area contributed by atoms with Crippen LogP contribution < -0.4 is 10.1 Å². The molecule has 0 fully saturated rings. The minimum Gasteiger partial charge on any atom is -0.479 e. The monoisotopic (exact) mass is 304 g/mol. The Morgan fingerprint density at radius 1 is 1.36 bits per heavy atom. The van der Waals surface area contributed by atoms with Crippen molar-refractivity contribution in [2.45, 2.75) is 33.3 Å². The first kappa shape index (κ1) is 18.0. The fourth-order valence-corrected chi connectivity index (χ4v) is 1.99. The minimum absolute atomic E-state index is 0.0279. The maximum atomic E-state index is 12.3. The Morgan fingerprint density at radius 3 is 2.64 bits per heavy atom. The van der Waals surface area contributed by atoms with Crippen molar-refractivity contribution in [3.63, 3.8) is 0 Å². The molecule has 0 spiro atoms. The van der Waals surface area contributed by atoms with Crippen molar-refractivity contribution < 1.29 is 14.6 Å². The van der Waals surface area contributed by atoms with Gasteiger partial charge in [-0.05, 0) is 30.4 Å². The van der Waals surface area contributed by atoms with Crippen LogP contribution in [0.5, 0.6) is 5.75 Å². The van der Waals surface area contributed by atoms with E-state index in [-0.39, 0.29) is 24.3 Å². The van der Waals surface area contributed by atoms with Gasteiger partial charge in [0.05, 0.1) is 5.56 Å². The number of para-hydroxylation sites is 1. The van der Waals surface area contributed by atoms with E-state index in [1.165, 1.54) is 0 Å². The van der Waals surface area contributed by atoms with Gasteiger partial charge in [-0.2, -0.15) is 5.26 Å². The molecule has 0 aliphatic rings. The molecule has 0 saturated heterocycles. The quantitative estimate of drug-likeness (QED) is 0.770. The zero-order valence-electron chi connectivity index (χ0n) is 13.4. The average Bonchev–Trinajstić information content (AvgIpc) is 2.50. The Morgan fingerprint density at radius 2 is 2.05 bits per heavy atom. The van der Waals surface area contributed by atoms with E-state index < -0.39 is 6.10 Å². The number of nitriles is 1. The predicted octanol–water partition coefficient (Wildman–Crippen LogP) is 2.10. The molecule has 0 radical (unpaired) electrons. The molecule has 1 aromatic carbocycles. The average molecular weight is 304 g/mol. The van der Waals surface area contributed by atoms with Crippen LogP contribution in [0, 0.1) is 23.2 Å². The number of nitrogens with one attached hydrogen (secondary N) is 1. The summed E-state index contributed by atoms with van der Waals surface area (Å²) in [6.45, 7) is 6.36. The molecule has 2 atom stereocenters. The summed E-state index contributed by atoms with van der Waals surface area (Å²) in [5.74, 6) is 0.392. The van der Waals surface area contributed by atoms with Crippen LogP contribution in [-0.4, -0.2) is 30.3 Å². The second kappa shape index (κ2) is 9.06. The lowest BCUT2D eigenvalue weighted by atomic mass is 10.0. The van der Waals surface area contributed by atoms with Crippen molar-refractivity contribution in [2.24, 2.45) is 11.8 Å². The second-order valence-corrected chi connectivity index (χ2v) is 5.75. The summed E-state index contributed by atoms with van der Waals surface area (Å²) < 4.78 is 5.77. The van der Waals surface area contributed by atoms with Crippen molar-refractivity contribution in [3.8, 4) is 11.8 Å². The summed E-state index contributed by atoms with van der Waals surface area (Å²) in [5, 5.41) is 20.8. The van der Waals surface area contributed by atoms with Crippen LogP contribution in [0.15, 0.2) is 24.3 Å². The lowest BCUT2D eigenvalue weighted by Gasteiger charge is -2.23. The number of rotatable bonds is 8. The molecule has 0 bridgehead atoms. The molecule has 0 aromatic heterocycles. The fourth-order valence-electron chi connectivity index (χ4n) is 1.99. The number of carbonyl (C=O) groups is 1. The number of benzene rings is 1. The van der Waals surface area contributed by atoms with Gasteiger partial charge in [-0.1, -0.05) is 32.9 Å². The van der Waals surface area contributed by atoms with E-state index in [4.69, 9.17) is 15.1 Å². The van der Waals surface area contributed by atoms with Gasteiger partial charge in [-0.3, -0.25) is 4.79 Å². The summed E-state index contributed by atoms with van der Waals surface area (Å²) in [4.78, 5) is 12.3. The van der Waals surface area contributed by atoms with Crippen LogP contribution in [-0.2, 0) is 4.79 Å². The van der Waals surface area contributed by atoms with Crippen LogP contribution >= 0.6 is 0 Å². The molecule has 2 unspecified atom stereocenters. The van der Waals surface area contributed by atoms with E-state index in [1.54, 1.807) is 24.3 Å². The van der Waals surface area contributed by atoms with Gasteiger partial charge in [0.1, 0.15) is 11.8 Å². The van der Waals surface area contributed by atoms with Gasteiger partial charge in [0.15, 0.2) is 6.10 Å². The standard InChI is InChI=1S/C17H24N2O3/c1-12(2)16(17(21)19-11-13(3)8-9-20)22-15-7-5-4-6-14(15)10-18/h4-7,12-13,16,20H,8-9,11H2,1-3H3,(H,19,21). The van der Waals surface area contributed by atoms with Gasteiger partial charge in [0.25, 0.3) is 5.91 Å². The Kier molecular flexibility index (Phi) is 7.41. The van der Waals surface area contributed by atoms with Gasteiger partial charge in [0, 0.05) is 13.2 Å². The third-order valence-electron chi connectivity index (χ3n) is 3.37. The highest BCUT2D eigenvalue weighted by molar-refractivity contribution is 5.81. The number of hydrogen-bond donors (Lipinski definition) is 2. The van der Waals surface area contributed by atoms with E-state index in [0.29, 0.717) is 24.3 Å². The highest BCUT2D eigenvalue weighted by atomic mass is 16.5. The molecule has 1 amide bonds. The summed E-state index contributed by atoms with van der Waals surface area (Å²) in [5.41, 5.74) is 0.412. The normalized spacial score (nSPS) is 13.3. The molecule has 5 heteroatoms. The highest BCUT2D eigenvalue weighted by Gasteiger charge is 2.25. The van der Waals surface area contributed by atoms with Crippen LogP contribution in [0.3, 0.4) is 0 Å². The van der Waals surface area contributed by atoms with Crippen molar-refractivity contribution in [1.29, 1.82) is 5.26 Å². The van der Waals surface area contributed by atoms with Gasteiger partial charge >= 0.3 is 0 Å². The minimum atomic E-state index is -0.657. The van der Waals surface area contributed by atoms with E-state index in [0.717, 1.165) is 0 Å². The second-order valence-electron chi connectivity index (χ2n) is 5.75. The van der Waals surface area contributed by atoms with Gasteiger partial charge in [0.2, 0.25) is 0 Å². The Labute approximate surface area is 131 Å². The molecule has 22 heavy (non-hydrogen) atoms. The number of hydrogen-bond acceptors (Lipinski definition) is 4. The van der Waals surface area contributed by atoms with Crippen molar-refractivity contribution in [3.05, 3.63) is 29.8 Å².